The Morgan fingerprint density at radius 2 is 2.00 bits per heavy atom. The fourth-order valence-corrected chi connectivity index (χ4v) is 1.63. The molecule has 0 saturated carbocycles. The van der Waals surface area contributed by atoms with Crippen LogP contribution in [0.2, 0.25) is 0 Å². The summed E-state index contributed by atoms with van der Waals surface area (Å²) in [5, 5.41) is 17.7. The number of aromatic nitrogens is 3. The molecule has 0 aliphatic carbocycles. The first-order chi connectivity index (χ1) is 6.81. The zero-order valence-corrected chi connectivity index (χ0v) is 8.40. The van der Waals surface area contributed by atoms with Crippen molar-refractivity contribution in [3.8, 4) is 11.4 Å². The minimum absolute atomic E-state index is 0.257. The van der Waals surface area contributed by atoms with Crippen molar-refractivity contribution < 1.29 is 5.11 Å². The predicted molar refractivity (Wildman–Crippen MR) is 54.8 cm³/mol. The van der Waals surface area contributed by atoms with Gasteiger partial charge in [-0.1, -0.05) is 11.8 Å². The van der Waals surface area contributed by atoms with Crippen LogP contribution in [-0.4, -0.2) is 26.1 Å². The normalized spacial score (nSPS) is 10.4. The van der Waals surface area contributed by atoms with Gasteiger partial charge < -0.3 is 5.11 Å². The Bertz CT molecular complexity index is 424. The summed E-state index contributed by atoms with van der Waals surface area (Å²) in [4.78, 5) is 0. The molecule has 0 aliphatic heterocycles. The summed E-state index contributed by atoms with van der Waals surface area (Å²) in [5.41, 5.74) is 0.942. The first-order valence-electron chi connectivity index (χ1n) is 4.04. The Hall–Kier alpha value is -1.49. The molecule has 2 aromatic rings. The van der Waals surface area contributed by atoms with E-state index >= 15 is 0 Å². The molecule has 0 saturated heterocycles. The number of phenolic OH excluding ortho intramolecular Hbond substituents is 1. The molecule has 0 fully saturated rings. The minimum Gasteiger partial charge on any atom is -0.508 e. The Morgan fingerprint density at radius 1 is 1.29 bits per heavy atom. The number of hydrogen-bond donors (Lipinski definition) is 1. The summed E-state index contributed by atoms with van der Waals surface area (Å²) < 4.78 is 1.87. The Balaban J connectivity index is 2.44. The van der Waals surface area contributed by atoms with Crippen molar-refractivity contribution in [2.24, 2.45) is 0 Å². The van der Waals surface area contributed by atoms with Crippen LogP contribution in [0.4, 0.5) is 0 Å². The lowest BCUT2D eigenvalue weighted by molar-refractivity contribution is 0.475. The van der Waals surface area contributed by atoms with E-state index in [1.54, 1.807) is 18.5 Å². The molecule has 0 atom stereocenters. The molecule has 1 aromatic carbocycles. The van der Waals surface area contributed by atoms with E-state index in [4.69, 9.17) is 5.11 Å². The van der Waals surface area contributed by atoms with Crippen LogP contribution in [0.3, 0.4) is 0 Å². The summed E-state index contributed by atoms with van der Waals surface area (Å²) >= 11 is 1.53. The Labute approximate surface area is 85.6 Å². The van der Waals surface area contributed by atoms with E-state index in [1.807, 2.05) is 23.0 Å². The molecule has 2 rings (SSSR count). The molecule has 0 amide bonds. The molecule has 1 heterocycles. The number of hydrogen-bond acceptors (Lipinski definition) is 4. The lowest BCUT2D eigenvalue weighted by Gasteiger charge is -2.03. The van der Waals surface area contributed by atoms with E-state index < -0.39 is 0 Å². The smallest absolute Gasteiger partial charge is 0.195 e. The summed E-state index contributed by atoms with van der Waals surface area (Å²) in [6.07, 6.45) is 3.60. The first-order valence-corrected chi connectivity index (χ1v) is 5.27. The van der Waals surface area contributed by atoms with Gasteiger partial charge in [-0.15, -0.1) is 10.2 Å². The molecular formula is C9H9N3OS. The van der Waals surface area contributed by atoms with Gasteiger partial charge in [0.25, 0.3) is 0 Å². The van der Waals surface area contributed by atoms with Gasteiger partial charge in [-0.05, 0) is 30.5 Å². The summed E-state index contributed by atoms with van der Waals surface area (Å²) in [7, 11) is 0. The topological polar surface area (TPSA) is 50.9 Å². The highest BCUT2D eigenvalue weighted by Crippen LogP contribution is 2.18. The van der Waals surface area contributed by atoms with Crippen LogP contribution in [0, 0.1) is 0 Å². The van der Waals surface area contributed by atoms with E-state index in [2.05, 4.69) is 10.2 Å². The second kappa shape index (κ2) is 3.71. The van der Waals surface area contributed by atoms with Gasteiger partial charge in [0.1, 0.15) is 12.1 Å². The van der Waals surface area contributed by atoms with Gasteiger partial charge in [0.15, 0.2) is 5.16 Å². The van der Waals surface area contributed by atoms with Gasteiger partial charge in [-0.3, -0.25) is 4.57 Å². The van der Waals surface area contributed by atoms with Crippen molar-refractivity contribution in [1.29, 1.82) is 0 Å². The van der Waals surface area contributed by atoms with Crippen molar-refractivity contribution in [2.75, 3.05) is 6.26 Å². The summed E-state index contributed by atoms with van der Waals surface area (Å²) in [5.74, 6) is 0.257. The first kappa shape index (κ1) is 9.08. The van der Waals surface area contributed by atoms with Crippen molar-refractivity contribution in [3.63, 3.8) is 0 Å². The molecule has 72 valence electrons. The lowest BCUT2D eigenvalue weighted by atomic mass is 10.3. The van der Waals surface area contributed by atoms with E-state index in [0.29, 0.717) is 0 Å². The highest BCUT2D eigenvalue weighted by molar-refractivity contribution is 7.98. The number of nitrogens with zero attached hydrogens (tertiary/aromatic N) is 3. The van der Waals surface area contributed by atoms with Crippen LogP contribution in [0.5, 0.6) is 5.75 Å². The largest absolute Gasteiger partial charge is 0.508 e. The van der Waals surface area contributed by atoms with Gasteiger partial charge in [0, 0.05) is 5.69 Å². The van der Waals surface area contributed by atoms with Gasteiger partial charge in [-0.25, -0.2) is 0 Å². The molecule has 0 unspecified atom stereocenters. The molecule has 0 spiro atoms. The zero-order valence-electron chi connectivity index (χ0n) is 7.58. The number of benzene rings is 1. The maximum atomic E-state index is 9.13. The minimum atomic E-state index is 0.257. The molecule has 0 bridgehead atoms. The monoisotopic (exact) mass is 207 g/mol. The van der Waals surface area contributed by atoms with Crippen LogP contribution < -0.4 is 0 Å². The third kappa shape index (κ3) is 1.58. The fourth-order valence-electron chi connectivity index (χ4n) is 1.15. The molecule has 4 nitrogen and oxygen atoms in total. The quantitative estimate of drug-likeness (QED) is 0.761. The number of aromatic hydroxyl groups is 1. The average Bonchev–Trinajstić information content (AvgIpc) is 2.67. The second-order valence-electron chi connectivity index (χ2n) is 2.70. The van der Waals surface area contributed by atoms with Crippen LogP contribution in [0.1, 0.15) is 0 Å². The number of phenols is 1. The van der Waals surface area contributed by atoms with Crippen LogP contribution >= 0.6 is 11.8 Å². The van der Waals surface area contributed by atoms with Crippen molar-refractivity contribution >= 4 is 11.8 Å². The van der Waals surface area contributed by atoms with Crippen molar-refractivity contribution in [1.82, 2.24) is 14.8 Å². The molecule has 1 N–H and O–H groups in total. The molecule has 14 heavy (non-hydrogen) atoms. The standard InChI is InChI=1S/C9H9N3OS/c1-14-9-11-10-6-12(9)7-2-4-8(13)5-3-7/h2-6,13H,1H3. The molecule has 0 aliphatic rings. The van der Waals surface area contributed by atoms with Crippen LogP contribution in [0.25, 0.3) is 5.69 Å². The molecule has 1 aromatic heterocycles. The maximum Gasteiger partial charge on any atom is 0.195 e. The van der Waals surface area contributed by atoms with E-state index in [9.17, 15) is 0 Å². The van der Waals surface area contributed by atoms with E-state index in [1.165, 1.54) is 11.8 Å². The van der Waals surface area contributed by atoms with Crippen molar-refractivity contribution in [3.05, 3.63) is 30.6 Å². The highest BCUT2D eigenvalue weighted by Gasteiger charge is 2.03. The molecule has 5 heteroatoms. The number of thioether (sulfide) groups is 1. The van der Waals surface area contributed by atoms with Gasteiger partial charge in [-0.2, -0.15) is 0 Å². The molecular weight excluding hydrogens is 198 g/mol. The maximum absolute atomic E-state index is 9.13. The van der Waals surface area contributed by atoms with Crippen molar-refractivity contribution in [2.45, 2.75) is 5.16 Å². The van der Waals surface area contributed by atoms with E-state index in [-0.39, 0.29) is 5.75 Å². The Morgan fingerprint density at radius 3 is 2.64 bits per heavy atom. The third-order valence-electron chi connectivity index (χ3n) is 1.83. The lowest BCUT2D eigenvalue weighted by Crippen LogP contribution is -1.93. The average molecular weight is 207 g/mol. The Kier molecular flexibility index (Phi) is 2.41. The highest BCUT2D eigenvalue weighted by atomic mass is 32.2. The van der Waals surface area contributed by atoms with E-state index in [0.717, 1.165) is 10.8 Å². The van der Waals surface area contributed by atoms with Crippen LogP contribution in [0.15, 0.2) is 35.7 Å². The summed E-state index contributed by atoms with van der Waals surface area (Å²) in [6.45, 7) is 0. The SMILES string of the molecule is CSc1nncn1-c1ccc(O)cc1. The van der Waals surface area contributed by atoms with Gasteiger partial charge in [0.2, 0.25) is 0 Å². The zero-order chi connectivity index (χ0) is 9.97. The predicted octanol–water partition coefficient (Wildman–Crippen LogP) is 1.69. The van der Waals surface area contributed by atoms with Crippen LogP contribution in [-0.2, 0) is 0 Å². The van der Waals surface area contributed by atoms with Gasteiger partial charge in [0.05, 0.1) is 0 Å². The number of rotatable bonds is 2. The van der Waals surface area contributed by atoms with Gasteiger partial charge >= 0.3 is 0 Å². The third-order valence-corrected chi connectivity index (χ3v) is 2.47. The fraction of sp³-hybridized carbons (Fsp3) is 0.111. The second-order valence-corrected chi connectivity index (χ2v) is 3.48. The molecule has 0 radical (unpaired) electrons. The summed E-state index contributed by atoms with van der Waals surface area (Å²) in [6, 6.07) is 6.91.